The minimum absolute atomic E-state index is 0.00254. The van der Waals surface area contributed by atoms with Gasteiger partial charge in [0, 0.05) is 36.5 Å². The second kappa shape index (κ2) is 3.95. The zero-order chi connectivity index (χ0) is 14.0. The Morgan fingerprint density at radius 1 is 1.20 bits per heavy atom. The topological polar surface area (TPSA) is 45.6 Å². The van der Waals surface area contributed by atoms with Gasteiger partial charge in [-0.2, -0.15) is 0 Å². The number of amides is 1. The van der Waals surface area contributed by atoms with Crippen LogP contribution in [-0.2, 0) is 6.54 Å². The fraction of sp³-hybridized carbons (Fsp3) is 0.600. The first kappa shape index (κ1) is 12.1. The van der Waals surface area contributed by atoms with E-state index in [0.717, 1.165) is 25.2 Å². The van der Waals surface area contributed by atoms with Gasteiger partial charge >= 0.3 is 0 Å². The van der Waals surface area contributed by atoms with Crippen molar-refractivity contribution in [3.8, 4) is 0 Å². The van der Waals surface area contributed by atoms with E-state index in [2.05, 4.69) is 4.90 Å². The third-order valence-corrected chi connectivity index (χ3v) is 5.09. The molecule has 0 radical (unpaired) electrons. The van der Waals surface area contributed by atoms with Gasteiger partial charge in [-0.05, 0) is 26.7 Å². The molecule has 1 aromatic rings. The predicted molar refractivity (Wildman–Crippen MR) is 74.7 cm³/mol. The quantitative estimate of drug-likeness (QED) is 0.700. The molecule has 0 aromatic carbocycles. The van der Waals surface area contributed by atoms with Crippen LogP contribution < -0.4 is 5.43 Å². The van der Waals surface area contributed by atoms with Crippen molar-refractivity contribution in [1.29, 1.82) is 0 Å². The lowest BCUT2D eigenvalue weighted by Gasteiger charge is -2.36. The number of pyridine rings is 1. The van der Waals surface area contributed by atoms with E-state index in [1.54, 1.807) is 6.92 Å². The van der Waals surface area contributed by atoms with Crippen LogP contribution in [0.4, 0.5) is 0 Å². The van der Waals surface area contributed by atoms with Crippen LogP contribution in [-0.4, -0.2) is 45.6 Å². The zero-order valence-corrected chi connectivity index (χ0v) is 11.9. The van der Waals surface area contributed by atoms with Crippen molar-refractivity contribution >= 4 is 5.91 Å². The molecule has 1 aromatic heterocycles. The molecule has 2 fully saturated rings. The highest BCUT2D eigenvalue weighted by Gasteiger charge is 2.47. The van der Waals surface area contributed by atoms with Gasteiger partial charge in [-0.15, -0.1) is 0 Å². The van der Waals surface area contributed by atoms with Crippen molar-refractivity contribution in [1.82, 2.24) is 14.4 Å². The molecule has 5 heteroatoms. The summed E-state index contributed by atoms with van der Waals surface area (Å²) in [5.41, 5.74) is 1.92. The predicted octanol–water partition coefficient (Wildman–Crippen LogP) is 0.725. The van der Waals surface area contributed by atoms with Gasteiger partial charge < -0.3 is 9.47 Å². The van der Waals surface area contributed by atoms with Gasteiger partial charge in [-0.3, -0.25) is 14.5 Å². The number of aryl methyl sites for hydroxylation is 1. The van der Waals surface area contributed by atoms with Crippen LogP contribution in [0.2, 0.25) is 0 Å². The Morgan fingerprint density at radius 2 is 2.00 bits per heavy atom. The summed E-state index contributed by atoms with van der Waals surface area (Å²) in [7, 11) is 0. The maximum Gasteiger partial charge on any atom is 0.272 e. The molecular weight excluding hydrogens is 254 g/mol. The molecule has 2 unspecified atom stereocenters. The number of aromatic nitrogens is 1. The average molecular weight is 273 g/mol. The minimum Gasteiger partial charge on any atom is -0.339 e. The fourth-order valence-corrected chi connectivity index (χ4v) is 4.11. The number of hydrogen-bond donors (Lipinski definition) is 0. The van der Waals surface area contributed by atoms with Gasteiger partial charge in [-0.1, -0.05) is 0 Å². The molecule has 106 valence electrons. The summed E-state index contributed by atoms with van der Waals surface area (Å²) in [5, 5.41) is 0. The van der Waals surface area contributed by atoms with Crippen molar-refractivity contribution in [3.63, 3.8) is 0 Å². The van der Waals surface area contributed by atoms with Crippen molar-refractivity contribution in [2.75, 3.05) is 13.1 Å². The highest BCUT2D eigenvalue weighted by atomic mass is 16.2. The summed E-state index contributed by atoms with van der Waals surface area (Å²) in [4.78, 5) is 29.3. The Kier molecular flexibility index (Phi) is 2.40. The lowest BCUT2D eigenvalue weighted by molar-refractivity contribution is 0.0519. The van der Waals surface area contributed by atoms with Crippen molar-refractivity contribution in [3.05, 3.63) is 33.2 Å². The molecule has 1 amide bonds. The van der Waals surface area contributed by atoms with Gasteiger partial charge in [0.25, 0.3) is 5.91 Å². The van der Waals surface area contributed by atoms with Gasteiger partial charge in [0.05, 0.1) is 6.54 Å². The van der Waals surface area contributed by atoms with Crippen LogP contribution in [0.25, 0.3) is 0 Å². The van der Waals surface area contributed by atoms with Crippen LogP contribution in [0.3, 0.4) is 0 Å². The normalized spacial score (nSPS) is 28.5. The number of fused-ring (bicyclic) bond motifs is 4. The summed E-state index contributed by atoms with van der Waals surface area (Å²) in [6, 6.07) is 0.520. The van der Waals surface area contributed by atoms with E-state index in [1.165, 1.54) is 12.8 Å². The zero-order valence-electron chi connectivity index (χ0n) is 11.9. The Morgan fingerprint density at radius 3 is 2.80 bits per heavy atom. The Bertz CT molecular complexity index is 664. The largest absolute Gasteiger partial charge is 0.339 e. The second-order valence-electron chi connectivity index (χ2n) is 6.24. The third-order valence-electron chi connectivity index (χ3n) is 5.09. The van der Waals surface area contributed by atoms with Crippen molar-refractivity contribution < 1.29 is 4.79 Å². The molecule has 2 atom stereocenters. The van der Waals surface area contributed by atoms with Crippen LogP contribution >= 0.6 is 0 Å². The van der Waals surface area contributed by atoms with Gasteiger partial charge in [0.1, 0.15) is 11.9 Å². The number of rotatable bonds is 0. The highest BCUT2D eigenvalue weighted by Crippen LogP contribution is 2.34. The summed E-state index contributed by atoms with van der Waals surface area (Å²) in [5.74, 6) is 0.0326. The van der Waals surface area contributed by atoms with Gasteiger partial charge in [0.15, 0.2) is 5.43 Å². The molecule has 5 nitrogen and oxygen atoms in total. The summed E-state index contributed by atoms with van der Waals surface area (Å²) in [6.07, 6.45) is 4.46. The Hall–Kier alpha value is -1.62. The van der Waals surface area contributed by atoms with E-state index < -0.39 is 0 Å². The first-order valence-corrected chi connectivity index (χ1v) is 7.35. The van der Waals surface area contributed by atoms with Crippen molar-refractivity contribution in [2.24, 2.45) is 0 Å². The molecule has 3 aliphatic heterocycles. The molecule has 2 saturated heterocycles. The Balaban J connectivity index is 1.84. The maximum absolute atomic E-state index is 12.8. The van der Waals surface area contributed by atoms with Gasteiger partial charge in [0.2, 0.25) is 0 Å². The standard InChI is InChI=1S/C15H19N3O2/c1-9-6-16-8-12-17-5-3-4-11(17)7-18(12)15(20)13(16)10(2)14(9)19/h6,11-12H,3-5,7-8H2,1-2H3. The first-order chi connectivity index (χ1) is 9.58. The van der Waals surface area contributed by atoms with Crippen molar-refractivity contribution in [2.45, 2.75) is 45.4 Å². The minimum atomic E-state index is 0.00254. The lowest BCUT2D eigenvalue weighted by Crippen LogP contribution is -2.50. The number of carbonyl (C=O) groups is 1. The van der Waals surface area contributed by atoms with E-state index in [9.17, 15) is 9.59 Å². The van der Waals surface area contributed by atoms with E-state index in [4.69, 9.17) is 0 Å². The highest BCUT2D eigenvalue weighted by molar-refractivity contribution is 5.95. The number of nitrogens with zero attached hydrogens (tertiary/aromatic N) is 3. The smallest absolute Gasteiger partial charge is 0.272 e. The molecule has 0 bridgehead atoms. The molecule has 3 aliphatic rings. The van der Waals surface area contributed by atoms with E-state index in [0.29, 0.717) is 17.3 Å². The van der Waals surface area contributed by atoms with E-state index in [-0.39, 0.29) is 17.5 Å². The second-order valence-corrected chi connectivity index (χ2v) is 6.24. The van der Waals surface area contributed by atoms with Crippen LogP contribution in [0.1, 0.15) is 34.5 Å². The van der Waals surface area contributed by atoms with Crippen LogP contribution in [0.5, 0.6) is 0 Å². The fourth-order valence-electron chi connectivity index (χ4n) is 4.11. The van der Waals surface area contributed by atoms with Crippen LogP contribution in [0.15, 0.2) is 11.0 Å². The average Bonchev–Trinajstić information content (AvgIpc) is 2.98. The van der Waals surface area contributed by atoms with E-state index >= 15 is 0 Å². The number of hydrogen-bond acceptors (Lipinski definition) is 3. The van der Waals surface area contributed by atoms with E-state index in [1.807, 2.05) is 22.6 Å². The SMILES string of the molecule is Cc1cn2c(c(C)c1=O)C(=O)N1CC3CCCN3C1C2. The first-order valence-electron chi connectivity index (χ1n) is 7.35. The summed E-state index contributed by atoms with van der Waals surface area (Å²) >= 11 is 0. The molecule has 20 heavy (non-hydrogen) atoms. The molecule has 0 saturated carbocycles. The molecule has 4 heterocycles. The summed E-state index contributed by atoms with van der Waals surface area (Å²) < 4.78 is 2.00. The molecular formula is C15H19N3O2. The third kappa shape index (κ3) is 1.41. The monoisotopic (exact) mass is 273 g/mol. The lowest BCUT2D eigenvalue weighted by atomic mass is 10.1. The Labute approximate surface area is 117 Å². The maximum atomic E-state index is 12.8. The number of carbonyl (C=O) groups excluding carboxylic acids is 1. The molecule has 0 aliphatic carbocycles. The molecule has 4 rings (SSSR count). The molecule has 0 N–H and O–H groups in total. The summed E-state index contributed by atoms with van der Waals surface area (Å²) in [6.45, 7) is 6.31. The molecule has 0 spiro atoms. The van der Waals surface area contributed by atoms with Crippen LogP contribution in [0, 0.1) is 13.8 Å². The van der Waals surface area contributed by atoms with Gasteiger partial charge in [-0.25, -0.2) is 0 Å².